The van der Waals surface area contributed by atoms with Crippen LogP contribution < -0.4 is 5.32 Å². The predicted octanol–water partition coefficient (Wildman–Crippen LogP) is 2.68. The Hall–Kier alpha value is -2.28. The maximum absolute atomic E-state index is 12.0. The molecule has 0 saturated carbocycles. The first-order valence-corrected chi connectivity index (χ1v) is 7.16. The van der Waals surface area contributed by atoms with Crippen molar-refractivity contribution in [2.75, 3.05) is 5.32 Å². The number of aromatic nitrogens is 2. The summed E-state index contributed by atoms with van der Waals surface area (Å²) in [6.45, 7) is 3.59. The standard InChI is InChI=1S/C14H15N3O3S/c1-8(7-12(18)19)10-3-5-11(6-4-10)15-14(20)13-9(2)16-17-21-13/h3-6,8H,7H2,1-2H3,(H,15,20)(H,18,19). The molecular weight excluding hydrogens is 290 g/mol. The van der Waals surface area contributed by atoms with Crippen LogP contribution in [0, 0.1) is 6.92 Å². The maximum Gasteiger partial charge on any atom is 0.303 e. The average molecular weight is 305 g/mol. The fourth-order valence-corrected chi connectivity index (χ4v) is 2.45. The maximum atomic E-state index is 12.0. The smallest absolute Gasteiger partial charge is 0.303 e. The highest BCUT2D eigenvalue weighted by Crippen LogP contribution is 2.21. The van der Waals surface area contributed by atoms with Gasteiger partial charge in [0.1, 0.15) is 4.88 Å². The molecule has 1 heterocycles. The number of benzene rings is 1. The van der Waals surface area contributed by atoms with Crippen LogP contribution in [-0.2, 0) is 4.79 Å². The molecular formula is C14H15N3O3S. The number of nitrogens with one attached hydrogen (secondary N) is 1. The van der Waals surface area contributed by atoms with Crippen molar-refractivity contribution in [3.8, 4) is 0 Å². The van der Waals surface area contributed by atoms with Crippen LogP contribution in [0.1, 0.15) is 40.2 Å². The molecule has 6 nitrogen and oxygen atoms in total. The van der Waals surface area contributed by atoms with Crippen molar-refractivity contribution < 1.29 is 14.7 Å². The van der Waals surface area contributed by atoms with Gasteiger partial charge in [0, 0.05) is 5.69 Å². The third-order valence-corrected chi connectivity index (χ3v) is 3.90. The third kappa shape index (κ3) is 3.85. The number of carbonyl (C=O) groups is 2. The third-order valence-electron chi connectivity index (χ3n) is 3.08. The van der Waals surface area contributed by atoms with Crippen LogP contribution >= 0.6 is 11.5 Å². The number of carboxylic acids is 1. The minimum absolute atomic E-state index is 0.0693. The van der Waals surface area contributed by atoms with Gasteiger partial charge in [0.15, 0.2) is 0 Å². The average Bonchev–Trinajstić information content (AvgIpc) is 2.85. The zero-order valence-corrected chi connectivity index (χ0v) is 12.5. The van der Waals surface area contributed by atoms with Gasteiger partial charge in [-0.05, 0) is 42.1 Å². The van der Waals surface area contributed by atoms with Crippen molar-refractivity contribution in [2.24, 2.45) is 0 Å². The van der Waals surface area contributed by atoms with Crippen molar-refractivity contribution in [3.05, 3.63) is 40.4 Å². The van der Waals surface area contributed by atoms with Gasteiger partial charge in [-0.25, -0.2) is 0 Å². The van der Waals surface area contributed by atoms with Crippen LogP contribution in [0.5, 0.6) is 0 Å². The van der Waals surface area contributed by atoms with Crippen LogP contribution in [0.4, 0.5) is 5.69 Å². The van der Waals surface area contributed by atoms with Gasteiger partial charge in [-0.2, -0.15) is 0 Å². The van der Waals surface area contributed by atoms with Gasteiger partial charge in [-0.1, -0.05) is 23.5 Å². The molecule has 0 bridgehead atoms. The second-order valence-corrected chi connectivity index (χ2v) is 5.52. The molecule has 2 aromatic rings. The van der Waals surface area contributed by atoms with Gasteiger partial charge in [0.05, 0.1) is 12.1 Å². The lowest BCUT2D eigenvalue weighted by Gasteiger charge is -2.10. The number of carbonyl (C=O) groups excluding carboxylic acids is 1. The number of carboxylic acid groups (broad SMARTS) is 1. The molecule has 0 aliphatic rings. The minimum atomic E-state index is -0.826. The number of amides is 1. The summed E-state index contributed by atoms with van der Waals surface area (Å²) < 4.78 is 3.72. The summed E-state index contributed by atoms with van der Waals surface area (Å²) in [5, 5.41) is 15.3. The molecule has 0 aliphatic carbocycles. The monoisotopic (exact) mass is 305 g/mol. The number of rotatable bonds is 5. The topological polar surface area (TPSA) is 92.2 Å². The lowest BCUT2D eigenvalue weighted by Crippen LogP contribution is -2.11. The lowest BCUT2D eigenvalue weighted by molar-refractivity contribution is -0.137. The summed E-state index contributed by atoms with van der Waals surface area (Å²) in [7, 11) is 0. The Morgan fingerprint density at radius 2 is 2.00 bits per heavy atom. The normalized spacial score (nSPS) is 11.9. The molecule has 1 aromatic heterocycles. The van der Waals surface area contributed by atoms with Crippen molar-refractivity contribution in [3.63, 3.8) is 0 Å². The first-order valence-electron chi connectivity index (χ1n) is 6.39. The Morgan fingerprint density at radius 1 is 1.33 bits per heavy atom. The Labute approximate surface area is 126 Å². The molecule has 0 saturated heterocycles. The van der Waals surface area contributed by atoms with Gasteiger partial charge in [0.2, 0.25) is 0 Å². The van der Waals surface area contributed by atoms with E-state index >= 15 is 0 Å². The fourth-order valence-electron chi connectivity index (χ4n) is 1.90. The van der Waals surface area contributed by atoms with Crippen LogP contribution in [0.3, 0.4) is 0 Å². The van der Waals surface area contributed by atoms with Gasteiger partial charge in [-0.15, -0.1) is 5.10 Å². The van der Waals surface area contributed by atoms with Gasteiger partial charge < -0.3 is 10.4 Å². The predicted molar refractivity (Wildman–Crippen MR) is 79.7 cm³/mol. The molecule has 0 aliphatic heterocycles. The molecule has 110 valence electrons. The summed E-state index contributed by atoms with van der Waals surface area (Å²) in [4.78, 5) is 23.2. The number of nitrogens with zero attached hydrogens (tertiary/aromatic N) is 2. The van der Waals surface area contributed by atoms with Crippen LogP contribution in [-0.4, -0.2) is 26.6 Å². The molecule has 1 amide bonds. The van der Waals surface area contributed by atoms with E-state index in [1.165, 1.54) is 0 Å². The van der Waals surface area contributed by atoms with E-state index in [1.807, 2.05) is 19.1 Å². The molecule has 1 aromatic carbocycles. The summed E-state index contributed by atoms with van der Waals surface area (Å²) in [5.41, 5.74) is 2.18. The summed E-state index contributed by atoms with van der Waals surface area (Å²) in [6.07, 6.45) is 0.0808. The molecule has 7 heteroatoms. The summed E-state index contributed by atoms with van der Waals surface area (Å²) >= 11 is 1.05. The molecule has 2 N–H and O–H groups in total. The van der Waals surface area contributed by atoms with E-state index in [2.05, 4.69) is 14.9 Å². The first kappa shape index (κ1) is 15.1. The molecule has 0 fully saturated rings. The molecule has 21 heavy (non-hydrogen) atoms. The second kappa shape index (κ2) is 6.45. The van der Waals surface area contributed by atoms with E-state index in [0.29, 0.717) is 16.3 Å². The highest BCUT2D eigenvalue weighted by molar-refractivity contribution is 7.08. The largest absolute Gasteiger partial charge is 0.481 e. The Morgan fingerprint density at radius 3 is 2.52 bits per heavy atom. The van der Waals surface area contributed by atoms with Crippen molar-refractivity contribution in [2.45, 2.75) is 26.2 Å². The second-order valence-electron chi connectivity index (χ2n) is 4.76. The van der Waals surface area contributed by atoms with Crippen LogP contribution in [0.2, 0.25) is 0 Å². The highest BCUT2D eigenvalue weighted by atomic mass is 32.1. The van der Waals surface area contributed by atoms with Gasteiger partial charge >= 0.3 is 5.97 Å². The minimum Gasteiger partial charge on any atom is -0.481 e. The number of anilines is 1. The Balaban J connectivity index is 2.04. The van der Waals surface area contributed by atoms with Crippen LogP contribution in [0.15, 0.2) is 24.3 Å². The van der Waals surface area contributed by atoms with E-state index in [4.69, 9.17) is 5.11 Å². The van der Waals surface area contributed by atoms with Crippen molar-refractivity contribution in [1.82, 2.24) is 9.59 Å². The van der Waals surface area contributed by atoms with E-state index in [1.54, 1.807) is 19.1 Å². The fraction of sp³-hybridized carbons (Fsp3) is 0.286. The molecule has 1 atom stereocenters. The molecule has 2 rings (SSSR count). The zero-order chi connectivity index (χ0) is 15.4. The molecule has 0 spiro atoms. The van der Waals surface area contributed by atoms with Crippen molar-refractivity contribution in [1.29, 1.82) is 0 Å². The Bertz CT molecular complexity index is 652. The molecule has 0 radical (unpaired) electrons. The number of aryl methyl sites for hydroxylation is 1. The van der Waals surface area contributed by atoms with E-state index in [0.717, 1.165) is 17.1 Å². The number of aliphatic carboxylic acids is 1. The zero-order valence-electron chi connectivity index (χ0n) is 11.7. The number of hydrogen-bond acceptors (Lipinski definition) is 5. The lowest BCUT2D eigenvalue weighted by atomic mass is 9.98. The van der Waals surface area contributed by atoms with Gasteiger partial charge in [0.25, 0.3) is 5.91 Å². The molecule has 1 unspecified atom stereocenters. The quantitative estimate of drug-likeness (QED) is 0.886. The van der Waals surface area contributed by atoms with Gasteiger partial charge in [-0.3, -0.25) is 9.59 Å². The summed E-state index contributed by atoms with van der Waals surface area (Å²) in [6, 6.07) is 7.16. The Kier molecular flexibility index (Phi) is 4.64. The van der Waals surface area contributed by atoms with E-state index in [9.17, 15) is 9.59 Å². The number of hydrogen-bond donors (Lipinski definition) is 2. The first-order chi connectivity index (χ1) is 9.97. The SMILES string of the molecule is Cc1nnsc1C(=O)Nc1ccc(C(C)CC(=O)O)cc1. The van der Waals surface area contributed by atoms with E-state index in [-0.39, 0.29) is 18.2 Å². The van der Waals surface area contributed by atoms with E-state index < -0.39 is 5.97 Å². The van der Waals surface area contributed by atoms with Crippen molar-refractivity contribution >= 4 is 29.1 Å². The highest BCUT2D eigenvalue weighted by Gasteiger charge is 2.14. The summed E-state index contributed by atoms with van der Waals surface area (Å²) in [5.74, 6) is -1.14. The van der Waals surface area contributed by atoms with Crippen LogP contribution in [0.25, 0.3) is 0 Å².